The van der Waals surface area contributed by atoms with Gasteiger partial charge in [-0.25, -0.2) is 0 Å². The maximum atomic E-state index is 5.73. The van der Waals surface area contributed by atoms with Gasteiger partial charge in [-0.05, 0) is 36.8 Å². The third kappa shape index (κ3) is 2.32. The van der Waals surface area contributed by atoms with Gasteiger partial charge in [-0.3, -0.25) is 0 Å². The molecule has 0 aliphatic rings. The molecular weight excluding hydrogens is 182 g/mol. The first kappa shape index (κ1) is 9.80. The second kappa shape index (κ2) is 4.09. The topological polar surface area (TPSA) is 50.1 Å². The van der Waals surface area contributed by atoms with E-state index in [1.165, 1.54) is 0 Å². The van der Waals surface area contributed by atoms with E-state index in [2.05, 4.69) is 10.6 Å². The fourth-order valence-corrected chi connectivity index (χ4v) is 1.08. The Bertz CT molecular complexity index is 323. The lowest BCUT2D eigenvalue weighted by molar-refractivity contribution is 1.19. The van der Waals surface area contributed by atoms with E-state index in [0.29, 0.717) is 5.11 Å². The van der Waals surface area contributed by atoms with Gasteiger partial charge in [0.25, 0.3) is 0 Å². The van der Waals surface area contributed by atoms with Crippen LogP contribution in [0.25, 0.3) is 0 Å². The largest absolute Gasteiger partial charge is 0.398 e. The van der Waals surface area contributed by atoms with Gasteiger partial charge in [0.2, 0.25) is 0 Å². The highest BCUT2D eigenvalue weighted by molar-refractivity contribution is 7.80. The summed E-state index contributed by atoms with van der Waals surface area (Å²) in [6, 6.07) is 5.70. The van der Waals surface area contributed by atoms with Gasteiger partial charge in [0, 0.05) is 18.4 Å². The molecule has 0 amide bonds. The number of hydrogen-bond acceptors (Lipinski definition) is 2. The summed E-state index contributed by atoms with van der Waals surface area (Å²) in [7, 11) is 1.77. The summed E-state index contributed by atoms with van der Waals surface area (Å²) in [6.45, 7) is 1.95. The zero-order chi connectivity index (χ0) is 9.84. The molecule has 0 saturated heterocycles. The van der Waals surface area contributed by atoms with E-state index in [0.717, 1.165) is 16.9 Å². The summed E-state index contributed by atoms with van der Waals surface area (Å²) >= 11 is 4.98. The Labute approximate surface area is 83.3 Å². The number of thiocarbonyl (C=S) groups is 1. The van der Waals surface area contributed by atoms with Crippen LogP contribution in [0.3, 0.4) is 0 Å². The molecule has 0 saturated carbocycles. The quantitative estimate of drug-likeness (QED) is 0.469. The predicted molar refractivity (Wildman–Crippen MR) is 60.9 cm³/mol. The lowest BCUT2D eigenvalue weighted by atomic mass is 10.1. The number of nitrogens with two attached hydrogens (primary N) is 1. The van der Waals surface area contributed by atoms with Crippen LogP contribution < -0.4 is 16.4 Å². The zero-order valence-electron chi connectivity index (χ0n) is 7.72. The van der Waals surface area contributed by atoms with Crippen LogP contribution in [0, 0.1) is 6.92 Å². The van der Waals surface area contributed by atoms with E-state index in [-0.39, 0.29) is 0 Å². The average Bonchev–Trinajstić information content (AvgIpc) is 2.13. The predicted octanol–water partition coefficient (Wildman–Crippen LogP) is 1.49. The Morgan fingerprint density at radius 2 is 2.15 bits per heavy atom. The second-order valence-corrected chi connectivity index (χ2v) is 3.13. The Hall–Kier alpha value is -1.29. The molecule has 70 valence electrons. The van der Waals surface area contributed by atoms with Crippen LogP contribution in [0.5, 0.6) is 0 Å². The molecule has 0 atom stereocenters. The third-order valence-corrected chi connectivity index (χ3v) is 2.16. The summed E-state index contributed by atoms with van der Waals surface area (Å²) in [5.74, 6) is 0. The van der Waals surface area contributed by atoms with Crippen LogP contribution in [0.1, 0.15) is 5.56 Å². The summed E-state index contributed by atoms with van der Waals surface area (Å²) in [5, 5.41) is 6.47. The van der Waals surface area contributed by atoms with E-state index < -0.39 is 0 Å². The summed E-state index contributed by atoms with van der Waals surface area (Å²) in [6.07, 6.45) is 0. The van der Waals surface area contributed by atoms with Gasteiger partial charge in [0.1, 0.15) is 0 Å². The van der Waals surface area contributed by atoms with Crippen molar-refractivity contribution in [1.29, 1.82) is 0 Å². The van der Waals surface area contributed by atoms with Crippen LogP contribution >= 0.6 is 12.2 Å². The summed E-state index contributed by atoms with van der Waals surface area (Å²) < 4.78 is 0. The molecule has 0 heterocycles. The van der Waals surface area contributed by atoms with Crippen molar-refractivity contribution in [3.05, 3.63) is 23.8 Å². The van der Waals surface area contributed by atoms with Gasteiger partial charge < -0.3 is 16.4 Å². The number of rotatable bonds is 1. The van der Waals surface area contributed by atoms with Gasteiger partial charge in [0.05, 0.1) is 0 Å². The minimum absolute atomic E-state index is 0.591. The second-order valence-electron chi connectivity index (χ2n) is 2.72. The Balaban J connectivity index is 2.89. The fraction of sp³-hybridized carbons (Fsp3) is 0.222. The molecule has 0 bridgehead atoms. The SMILES string of the molecule is CNC(=S)Nc1cccc(N)c1C. The molecule has 0 unspecified atom stereocenters. The van der Waals surface area contributed by atoms with Gasteiger partial charge in [-0.15, -0.1) is 0 Å². The van der Waals surface area contributed by atoms with Crippen LogP contribution in [-0.4, -0.2) is 12.2 Å². The van der Waals surface area contributed by atoms with Crippen LogP contribution in [0.2, 0.25) is 0 Å². The van der Waals surface area contributed by atoms with Gasteiger partial charge in [0.15, 0.2) is 5.11 Å². The monoisotopic (exact) mass is 195 g/mol. The molecular formula is C9H13N3S. The van der Waals surface area contributed by atoms with Gasteiger partial charge >= 0.3 is 0 Å². The van der Waals surface area contributed by atoms with Crippen molar-refractivity contribution in [2.24, 2.45) is 0 Å². The van der Waals surface area contributed by atoms with Crippen molar-refractivity contribution < 1.29 is 0 Å². The summed E-state index contributed by atoms with van der Waals surface area (Å²) in [5.41, 5.74) is 8.46. The molecule has 0 spiro atoms. The van der Waals surface area contributed by atoms with Crippen molar-refractivity contribution >= 4 is 28.7 Å². The zero-order valence-corrected chi connectivity index (χ0v) is 8.53. The fourth-order valence-electron chi connectivity index (χ4n) is 0.974. The van der Waals surface area contributed by atoms with Crippen LogP contribution in [0.15, 0.2) is 18.2 Å². The van der Waals surface area contributed by atoms with Crippen molar-refractivity contribution in [1.82, 2.24) is 5.32 Å². The van der Waals surface area contributed by atoms with Crippen molar-refractivity contribution in [3.8, 4) is 0 Å². The van der Waals surface area contributed by atoms with E-state index in [1.54, 1.807) is 7.05 Å². The van der Waals surface area contributed by atoms with E-state index in [9.17, 15) is 0 Å². The minimum atomic E-state index is 0.591. The highest BCUT2D eigenvalue weighted by atomic mass is 32.1. The van der Waals surface area contributed by atoms with Crippen molar-refractivity contribution in [2.45, 2.75) is 6.92 Å². The molecule has 0 fully saturated rings. The van der Waals surface area contributed by atoms with Crippen molar-refractivity contribution in [3.63, 3.8) is 0 Å². The maximum Gasteiger partial charge on any atom is 0.170 e. The molecule has 0 aliphatic carbocycles. The van der Waals surface area contributed by atoms with Crippen LogP contribution in [0.4, 0.5) is 11.4 Å². The Morgan fingerprint density at radius 3 is 2.77 bits per heavy atom. The lowest BCUT2D eigenvalue weighted by Crippen LogP contribution is -2.24. The Kier molecular flexibility index (Phi) is 3.08. The smallest absolute Gasteiger partial charge is 0.170 e. The standard InChI is InChI=1S/C9H13N3S/c1-6-7(10)4-3-5-8(6)12-9(13)11-2/h3-5H,10H2,1-2H3,(H2,11,12,13). The average molecular weight is 195 g/mol. The first-order valence-corrected chi connectivity index (χ1v) is 4.40. The number of benzene rings is 1. The van der Waals surface area contributed by atoms with E-state index >= 15 is 0 Å². The highest BCUT2D eigenvalue weighted by Crippen LogP contribution is 2.19. The summed E-state index contributed by atoms with van der Waals surface area (Å²) in [4.78, 5) is 0. The molecule has 4 heteroatoms. The third-order valence-electron chi connectivity index (χ3n) is 1.85. The molecule has 1 aromatic carbocycles. The van der Waals surface area contributed by atoms with Gasteiger partial charge in [-0.1, -0.05) is 6.07 Å². The number of hydrogen-bond donors (Lipinski definition) is 3. The first-order chi connectivity index (χ1) is 6.15. The lowest BCUT2D eigenvalue weighted by Gasteiger charge is -2.11. The Morgan fingerprint density at radius 1 is 1.46 bits per heavy atom. The van der Waals surface area contributed by atoms with Gasteiger partial charge in [-0.2, -0.15) is 0 Å². The van der Waals surface area contributed by atoms with Crippen molar-refractivity contribution in [2.75, 3.05) is 18.1 Å². The maximum absolute atomic E-state index is 5.73. The molecule has 0 aromatic heterocycles. The molecule has 3 nitrogen and oxygen atoms in total. The number of nitrogen functional groups attached to an aromatic ring is 1. The molecule has 0 aliphatic heterocycles. The van der Waals surface area contributed by atoms with Crippen LogP contribution in [-0.2, 0) is 0 Å². The molecule has 13 heavy (non-hydrogen) atoms. The first-order valence-electron chi connectivity index (χ1n) is 3.99. The van der Waals surface area contributed by atoms with E-state index in [4.69, 9.17) is 18.0 Å². The molecule has 0 radical (unpaired) electrons. The van der Waals surface area contributed by atoms with E-state index in [1.807, 2.05) is 25.1 Å². The molecule has 1 aromatic rings. The normalized spacial score (nSPS) is 9.38. The molecule has 1 rings (SSSR count). The highest BCUT2D eigenvalue weighted by Gasteiger charge is 2.01. The number of anilines is 2. The number of nitrogens with one attached hydrogen (secondary N) is 2. The molecule has 4 N–H and O–H groups in total. The minimum Gasteiger partial charge on any atom is -0.398 e.